The normalized spacial score (nSPS) is 23.3. The maximum atomic E-state index is 4.97. The second-order valence-corrected chi connectivity index (χ2v) is 6.27. The van der Waals surface area contributed by atoms with E-state index in [1.807, 2.05) is 0 Å². The molecule has 0 aliphatic carbocycles. The molecule has 0 bridgehead atoms. The van der Waals surface area contributed by atoms with E-state index >= 15 is 0 Å². The van der Waals surface area contributed by atoms with E-state index < -0.39 is 0 Å². The third-order valence-electron chi connectivity index (χ3n) is 4.50. The van der Waals surface area contributed by atoms with E-state index in [0.717, 1.165) is 32.5 Å². The molecule has 0 aromatic carbocycles. The summed E-state index contributed by atoms with van der Waals surface area (Å²) in [5.41, 5.74) is 2.81. The van der Waals surface area contributed by atoms with Crippen molar-refractivity contribution < 1.29 is 0 Å². The molecule has 20 heavy (non-hydrogen) atoms. The zero-order valence-electron chi connectivity index (χ0n) is 14.5. The molecule has 0 N–H and O–H groups in total. The molecule has 0 radical (unpaired) electrons. The van der Waals surface area contributed by atoms with Crippen LogP contribution in [0.4, 0.5) is 0 Å². The van der Waals surface area contributed by atoms with Crippen molar-refractivity contribution in [3.8, 4) is 0 Å². The number of amidine groups is 1. The Morgan fingerprint density at radius 2 is 1.85 bits per heavy atom. The molecule has 3 heteroatoms. The van der Waals surface area contributed by atoms with Crippen LogP contribution in [0.5, 0.6) is 0 Å². The maximum absolute atomic E-state index is 4.97. The van der Waals surface area contributed by atoms with Crippen molar-refractivity contribution in [3.05, 3.63) is 11.3 Å². The quantitative estimate of drug-likeness (QED) is 0.576. The van der Waals surface area contributed by atoms with Crippen LogP contribution in [0.25, 0.3) is 0 Å². The largest absolute Gasteiger partial charge is 0.357 e. The molecule has 0 saturated carbocycles. The van der Waals surface area contributed by atoms with E-state index in [1.165, 1.54) is 17.1 Å². The summed E-state index contributed by atoms with van der Waals surface area (Å²) < 4.78 is 0. The highest BCUT2D eigenvalue weighted by Crippen LogP contribution is 2.22. The fraction of sp³-hybridized carbons (Fsp3) is 0.824. The Bertz CT molecular complexity index is 368. The molecule has 1 fully saturated rings. The van der Waals surface area contributed by atoms with Crippen molar-refractivity contribution in [2.75, 3.05) is 26.7 Å². The van der Waals surface area contributed by atoms with Gasteiger partial charge in [0.15, 0.2) is 0 Å². The summed E-state index contributed by atoms with van der Waals surface area (Å²) in [6, 6.07) is 0.610. The van der Waals surface area contributed by atoms with Crippen LogP contribution in [0.2, 0.25) is 0 Å². The summed E-state index contributed by atoms with van der Waals surface area (Å²) in [6.45, 7) is 16.8. The highest BCUT2D eigenvalue weighted by molar-refractivity contribution is 5.81. The van der Waals surface area contributed by atoms with Crippen molar-refractivity contribution >= 4 is 5.84 Å². The topological polar surface area (TPSA) is 18.8 Å². The van der Waals surface area contributed by atoms with Crippen LogP contribution in [0.3, 0.4) is 0 Å². The number of aliphatic imine (C=N–C) groups is 1. The number of nitrogens with zero attached hydrogens (tertiary/aromatic N) is 3. The van der Waals surface area contributed by atoms with Gasteiger partial charge in [0, 0.05) is 31.4 Å². The molecule has 1 heterocycles. The van der Waals surface area contributed by atoms with Gasteiger partial charge in [-0.05, 0) is 45.2 Å². The average Bonchev–Trinajstić information content (AvgIpc) is 2.40. The molecule has 116 valence electrons. The fourth-order valence-electron chi connectivity index (χ4n) is 2.93. The minimum Gasteiger partial charge on any atom is -0.357 e. The van der Waals surface area contributed by atoms with Crippen LogP contribution >= 0.6 is 0 Å². The van der Waals surface area contributed by atoms with Gasteiger partial charge in [-0.3, -0.25) is 0 Å². The zero-order chi connectivity index (χ0) is 15.3. The Labute approximate surface area is 125 Å². The summed E-state index contributed by atoms with van der Waals surface area (Å²) in [6.07, 6.45) is 2.14. The van der Waals surface area contributed by atoms with Crippen molar-refractivity contribution in [1.82, 2.24) is 9.80 Å². The highest BCUT2D eigenvalue weighted by atomic mass is 15.3. The van der Waals surface area contributed by atoms with E-state index in [9.17, 15) is 0 Å². The van der Waals surface area contributed by atoms with Crippen molar-refractivity contribution in [1.29, 1.82) is 0 Å². The third kappa shape index (κ3) is 4.34. The fourth-order valence-corrected chi connectivity index (χ4v) is 2.93. The number of likely N-dealkylation sites (N-methyl/N-ethyl adjacent to an activating group) is 1. The van der Waals surface area contributed by atoms with Gasteiger partial charge in [0.25, 0.3) is 0 Å². The lowest BCUT2D eigenvalue weighted by atomic mass is 9.97. The predicted octanol–water partition coefficient (Wildman–Crippen LogP) is 3.77. The standard InChI is InChI=1S/C17H33N3/c1-8-16(13(3)4)17(9-2)18-15(6)20-11-10-19(7)14(5)12-20/h13-14H,8-12H2,1-7H3/b17-16+,18-15?. The summed E-state index contributed by atoms with van der Waals surface area (Å²) >= 11 is 0. The lowest BCUT2D eigenvalue weighted by Gasteiger charge is -2.38. The van der Waals surface area contributed by atoms with Crippen LogP contribution in [-0.4, -0.2) is 48.4 Å². The van der Waals surface area contributed by atoms with Crippen molar-refractivity contribution in [2.45, 2.75) is 60.4 Å². The molecule has 0 spiro atoms. The van der Waals surface area contributed by atoms with E-state index in [0.29, 0.717) is 12.0 Å². The summed E-state index contributed by atoms with van der Waals surface area (Å²) in [7, 11) is 2.21. The van der Waals surface area contributed by atoms with E-state index in [2.05, 4.69) is 58.4 Å². The smallest absolute Gasteiger partial charge is 0.101 e. The Balaban J connectivity index is 2.90. The van der Waals surface area contributed by atoms with Gasteiger partial charge in [-0.1, -0.05) is 27.7 Å². The number of allylic oxidation sites excluding steroid dienone is 2. The van der Waals surface area contributed by atoms with Gasteiger partial charge in [0.1, 0.15) is 5.84 Å². The van der Waals surface area contributed by atoms with Crippen LogP contribution in [-0.2, 0) is 0 Å². The van der Waals surface area contributed by atoms with Crippen LogP contribution in [0.1, 0.15) is 54.4 Å². The van der Waals surface area contributed by atoms with Crippen LogP contribution in [0.15, 0.2) is 16.3 Å². The van der Waals surface area contributed by atoms with Crippen molar-refractivity contribution in [3.63, 3.8) is 0 Å². The molecule has 1 atom stereocenters. The van der Waals surface area contributed by atoms with Gasteiger partial charge in [-0.2, -0.15) is 0 Å². The lowest BCUT2D eigenvalue weighted by molar-refractivity contribution is 0.152. The molecule has 1 unspecified atom stereocenters. The molecule has 1 rings (SSSR count). The number of hydrogen-bond acceptors (Lipinski definition) is 2. The van der Waals surface area contributed by atoms with E-state index in [1.54, 1.807) is 0 Å². The SMILES string of the molecule is CC/C(N=C(C)N1CCN(C)C(C)C1)=C(/CC)C(C)C. The maximum Gasteiger partial charge on any atom is 0.101 e. The lowest BCUT2D eigenvalue weighted by Crippen LogP contribution is -2.51. The summed E-state index contributed by atoms with van der Waals surface area (Å²) in [5.74, 6) is 1.78. The van der Waals surface area contributed by atoms with Crippen LogP contribution < -0.4 is 0 Å². The number of hydrogen-bond donors (Lipinski definition) is 0. The van der Waals surface area contributed by atoms with Gasteiger partial charge in [0.05, 0.1) is 0 Å². The molecule has 0 amide bonds. The molecule has 0 aromatic heterocycles. The first-order valence-electron chi connectivity index (χ1n) is 8.13. The van der Waals surface area contributed by atoms with Gasteiger partial charge in [-0.25, -0.2) is 4.99 Å². The third-order valence-corrected chi connectivity index (χ3v) is 4.50. The summed E-state index contributed by atoms with van der Waals surface area (Å²) in [5, 5.41) is 0. The molecule has 1 aliphatic heterocycles. The second-order valence-electron chi connectivity index (χ2n) is 6.27. The van der Waals surface area contributed by atoms with E-state index in [-0.39, 0.29) is 0 Å². The molecule has 3 nitrogen and oxygen atoms in total. The average molecular weight is 279 g/mol. The second kappa shape index (κ2) is 7.82. The van der Waals surface area contributed by atoms with E-state index in [4.69, 9.17) is 4.99 Å². The Kier molecular flexibility index (Phi) is 6.74. The molecular formula is C17H33N3. The first-order chi connectivity index (χ1) is 9.40. The van der Waals surface area contributed by atoms with Gasteiger partial charge >= 0.3 is 0 Å². The highest BCUT2D eigenvalue weighted by Gasteiger charge is 2.21. The minimum absolute atomic E-state index is 0.595. The molecule has 1 aliphatic rings. The number of piperazine rings is 1. The van der Waals surface area contributed by atoms with Gasteiger partial charge in [0.2, 0.25) is 0 Å². The minimum atomic E-state index is 0.595. The van der Waals surface area contributed by atoms with Gasteiger partial charge < -0.3 is 9.80 Å². The number of rotatable bonds is 4. The Hall–Kier alpha value is -0.830. The molecule has 1 saturated heterocycles. The first-order valence-corrected chi connectivity index (χ1v) is 8.13. The molecule has 0 aromatic rings. The summed E-state index contributed by atoms with van der Waals surface area (Å²) in [4.78, 5) is 9.84. The van der Waals surface area contributed by atoms with Crippen molar-refractivity contribution in [2.24, 2.45) is 10.9 Å². The monoisotopic (exact) mass is 279 g/mol. The molecular weight excluding hydrogens is 246 g/mol. The first kappa shape index (κ1) is 17.2. The Morgan fingerprint density at radius 1 is 1.20 bits per heavy atom. The van der Waals surface area contributed by atoms with Crippen LogP contribution in [0, 0.1) is 5.92 Å². The predicted molar refractivity (Wildman–Crippen MR) is 89.2 cm³/mol. The Morgan fingerprint density at radius 3 is 2.30 bits per heavy atom. The zero-order valence-corrected chi connectivity index (χ0v) is 14.5. The van der Waals surface area contributed by atoms with Gasteiger partial charge in [-0.15, -0.1) is 0 Å².